The van der Waals surface area contributed by atoms with Crippen molar-refractivity contribution in [3.8, 4) is 0 Å². The average Bonchev–Trinajstić information content (AvgIpc) is 3.28. The first-order chi connectivity index (χ1) is 13.9. The Labute approximate surface area is 174 Å². The van der Waals surface area contributed by atoms with Crippen molar-refractivity contribution in [1.29, 1.82) is 0 Å². The van der Waals surface area contributed by atoms with Gasteiger partial charge in [0.1, 0.15) is 0 Å². The number of aryl methyl sites for hydroxylation is 2. The van der Waals surface area contributed by atoms with Gasteiger partial charge in [-0.3, -0.25) is 4.79 Å². The predicted octanol–water partition coefficient (Wildman–Crippen LogP) is 3.23. The Kier molecular flexibility index (Phi) is 7.17. The van der Waals surface area contributed by atoms with Gasteiger partial charge < -0.3 is 15.1 Å². The number of aliphatic hydroxyl groups excluding tert-OH is 1. The molecule has 6 nitrogen and oxygen atoms in total. The quantitative estimate of drug-likeness (QED) is 0.615. The van der Waals surface area contributed by atoms with Crippen LogP contribution in [0.5, 0.6) is 0 Å². The van der Waals surface area contributed by atoms with Crippen molar-refractivity contribution in [2.45, 2.75) is 51.2 Å². The Morgan fingerprint density at radius 3 is 3.00 bits per heavy atom. The van der Waals surface area contributed by atoms with Crippen LogP contribution in [0, 0.1) is 6.92 Å². The molecule has 154 valence electrons. The Bertz CT molecular complexity index is 892. The molecule has 1 aromatic carbocycles. The van der Waals surface area contributed by atoms with Crippen molar-refractivity contribution in [3.05, 3.63) is 63.6 Å². The van der Waals surface area contributed by atoms with Gasteiger partial charge >= 0.3 is 5.97 Å². The van der Waals surface area contributed by atoms with Gasteiger partial charge in [0.2, 0.25) is 5.91 Å². The minimum Gasteiger partial charge on any atom is -0.476 e. The third kappa shape index (κ3) is 5.98. The number of amides is 1. The van der Waals surface area contributed by atoms with Crippen LogP contribution < -0.4 is 0 Å². The standard InChI is InChI=1S/C22H26N2O4S/c1-15-4-2-5-16(12-15)13-18(25)9-7-17-8-10-21(26)24(17)11-3-6-20-23-19(14-29-20)22(27)28/h2,4-5,7,9,12,14,17-18,25H,3,6,8,10-11,13H2,1H3,(H,27,28)/b9-7+/t17-,18+/m0/s1. The van der Waals surface area contributed by atoms with Crippen molar-refractivity contribution in [3.63, 3.8) is 0 Å². The summed E-state index contributed by atoms with van der Waals surface area (Å²) < 4.78 is 0. The van der Waals surface area contributed by atoms with E-state index in [-0.39, 0.29) is 17.6 Å². The third-order valence-corrected chi connectivity index (χ3v) is 5.93. The zero-order valence-electron chi connectivity index (χ0n) is 16.5. The molecule has 1 fully saturated rings. The van der Waals surface area contributed by atoms with Crippen molar-refractivity contribution in [2.24, 2.45) is 0 Å². The highest BCUT2D eigenvalue weighted by Crippen LogP contribution is 2.21. The summed E-state index contributed by atoms with van der Waals surface area (Å²) in [5, 5.41) is 21.6. The fourth-order valence-electron chi connectivity index (χ4n) is 3.58. The van der Waals surface area contributed by atoms with E-state index in [1.54, 1.807) is 11.5 Å². The van der Waals surface area contributed by atoms with Gasteiger partial charge in [-0.2, -0.15) is 0 Å². The second-order valence-corrected chi connectivity index (χ2v) is 8.32. The zero-order valence-corrected chi connectivity index (χ0v) is 17.3. The summed E-state index contributed by atoms with van der Waals surface area (Å²) in [5.41, 5.74) is 2.33. The van der Waals surface area contributed by atoms with E-state index in [0.29, 0.717) is 25.8 Å². The largest absolute Gasteiger partial charge is 0.476 e. The van der Waals surface area contributed by atoms with Gasteiger partial charge in [0.25, 0.3) is 0 Å². The number of benzene rings is 1. The van der Waals surface area contributed by atoms with E-state index < -0.39 is 12.1 Å². The first-order valence-electron chi connectivity index (χ1n) is 9.81. The van der Waals surface area contributed by atoms with Crippen LogP contribution in [0.3, 0.4) is 0 Å². The van der Waals surface area contributed by atoms with Gasteiger partial charge in [0.15, 0.2) is 5.69 Å². The fraction of sp³-hybridized carbons (Fsp3) is 0.409. The number of carboxylic acid groups (broad SMARTS) is 1. The Morgan fingerprint density at radius 2 is 2.28 bits per heavy atom. The number of carbonyl (C=O) groups is 2. The van der Waals surface area contributed by atoms with Crippen LogP contribution in [0.15, 0.2) is 41.8 Å². The maximum Gasteiger partial charge on any atom is 0.355 e. The second kappa shape index (κ2) is 9.80. The zero-order chi connectivity index (χ0) is 20.8. The molecule has 1 amide bonds. The minimum absolute atomic E-state index is 0.000495. The van der Waals surface area contributed by atoms with Gasteiger partial charge in [-0.15, -0.1) is 11.3 Å². The lowest BCUT2D eigenvalue weighted by Crippen LogP contribution is -2.33. The molecule has 0 bridgehead atoms. The molecule has 29 heavy (non-hydrogen) atoms. The summed E-state index contributed by atoms with van der Waals surface area (Å²) in [6, 6.07) is 8.09. The number of rotatable bonds is 9. The number of carbonyl (C=O) groups excluding carboxylic acids is 1. The molecule has 2 aromatic rings. The summed E-state index contributed by atoms with van der Waals surface area (Å²) in [6.45, 7) is 2.63. The normalized spacial score (nSPS) is 17.9. The molecule has 0 unspecified atom stereocenters. The molecular weight excluding hydrogens is 388 g/mol. The van der Waals surface area contributed by atoms with E-state index in [2.05, 4.69) is 11.1 Å². The van der Waals surface area contributed by atoms with E-state index in [1.165, 1.54) is 16.9 Å². The number of hydrogen-bond donors (Lipinski definition) is 2. The maximum atomic E-state index is 12.2. The Balaban J connectivity index is 1.51. The lowest BCUT2D eigenvalue weighted by molar-refractivity contribution is -0.128. The first-order valence-corrected chi connectivity index (χ1v) is 10.7. The Hall–Kier alpha value is -2.51. The highest BCUT2D eigenvalue weighted by molar-refractivity contribution is 7.09. The Morgan fingerprint density at radius 1 is 1.45 bits per heavy atom. The van der Waals surface area contributed by atoms with Crippen molar-refractivity contribution < 1.29 is 19.8 Å². The molecule has 2 atom stereocenters. The molecule has 0 spiro atoms. The first kappa shape index (κ1) is 21.2. The number of likely N-dealkylation sites (tertiary alicyclic amines) is 1. The van der Waals surface area contributed by atoms with E-state index >= 15 is 0 Å². The lowest BCUT2D eigenvalue weighted by Gasteiger charge is -2.22. The van der Waals surface area contributed by atoms with Gasteiger partial charge in [-0.25, -0.2) is 9.78 Å². The monoisotopic (exact) mass is 414 g/mol. The van der Waals surface area contributed by atoms with Gasteiger partial charge in [-0.1, -0.05) is 42.0 Å². The van der Waals surface area contributed by atoms with E-state index in [9.17, 15) is 14.7 Å². The van der Waals surface area contributed by atoms with Crippen molar-refractivity contribution in [1.82, 2.24) is 9.88 Å². The molecule has 3 rings (SSSR count). The third-order valence-electron chi connectivity index (χ3n) is 5.02. The minimum atomic E-state index is -1.02. The number of aliphatic hydroxyl groups is 1. The van der Waals surface area contributed by atoms with E-state index in [1.807, 2.05) is 36.1 Å². The number of carboxylic acids is 1. The van der Waals surface area contributed by atoms with Crippen LogP contribution >= 0.6 is 11.3 Å². The fourth-order valence-corrected chi connectivity index (χ4v) is 4.39. The molecule has 0 saturated carbocycles. The highest BCUT2D eigenvalue weighted by Gasteiger charge is 2.28. The molecule has 7 heteroatoms. The maximum absolute atomic E-state index is 12.2. The molecule has 1 aliphatic heterocycles. The van der Waals surface area contributed by atoms with Crippen LogP contribution in [0.25, 0.3) is 0 Å². The molecule has 2 heterocycles. The van der Waals surface area contributed by atoms with Gasteiger partial charge in [-0.05, 0) is 25.3 Å². The second-order valence-electron chi connectivity index (χ2n) is 7.37. The van der Waals surface area contributed by atoms with E-state index in [4.69, 9.17) is 5.11 Å². The molecule has 2 N–H and O–H groups in total. The predicted molar refractivity (Wildman–Crippen MR) is 112 cm³/mol. The summed E-state index contributed by atoms with van der Waals surface area (Å²) in [6.07, 6.45) is 6.35. The topological polar surface area (TPSA) is 90.7 Å². The molecule has 1 aromatic heterocycles. The highest BCUT2D eigenvalue weighted by atomic mass is 32.1. The number of thiazole rings is 1. The SMILES string of the molecule is Cc1cccc(C[C@H](O)/C=C/[C@H]2CCC(=O)N2CCCc2nc(C(=O)O)cs2)c1. The molecular formula is C22H26N2O4S. The van der Waals surface area contributed by atoms with Crippen molar-refractivity contribution >= 4 is 23.2 Å². The van der Waals surface area contributed by atoms with Crippen LogP contribution in [-0.2, 0) is 17.6 Å². The van der Waals surface area contributed by atoms with Gasteiger partial charge in [0.05, 0.1) is 17.2 Å². The summed E-state index contributed by atoms with van der Waals surface area (Å²) in [7, 11) is 0. The summed E-state index contributed by atoms with van der Waals surface area (Å²) in [4.78, 5) is 29.1. The summed E-state index contributed by atoms with van der Waals surface area (Å²) >= 11 is 1.34. The summed E-state index contributed by atoms with van der Waals surface area (Å²) in [5.74, 6) is -0.894. The lowest BCUT2D eigenvalue weighted by atomic mass is 10.0. The molecule has 1 aliphatic rings. The van der Waals surface area contributed by atoms with Crippen LogP contribution in [-0.4, -0.2) is 50.7 Å². The number of nitrogens with zero attached hydrogens (tertiary/aromatic N) is 2. The smallest absolute Gasteiger partial charge is 0.355 e. The number of hydrogen-bond acceptors (Lipinski definition) is 5. The van der Waals surface area contributed by atoms with Gasteiger partial charge in [0, 0.05) is 31.2 Å². The molecule has 0 aliphatic carbocycles. The van der Waals surface area contributed by atoms with E-state index in [0.717, 1.165) is 23.4 Å². The molecule has 0 radical (unpaired) electrons. The van der Waals surface area contributed by atoms with Crippen LogP contribution in [0.2, 0.25) is 0 Å². The number of aromatic carboxylic acids is 1. The average molecular weight is 415 g/mol. The van der Waals surface area contributed by atoms with Crippen molar-refractivity contribution in [2.75, 3.05) is 6.54 Å². The van der Waals surface area contributed by atoms with Crippen LogP contribution in [0.1, 0.15) is 45.9 Å². The molecule has 1 saturated heterocycles. The number of aromatic nitrogens is 1. The van der Waals surface area contributed by atoms with Crippen LogP contribution in [0.4, 0.5) is 0 Å².